The largest absolute Gasteiger partial charge is 0.497 e. The molecule has 3 aromatic rings. The lowest BCUT2D eigenvalue weighted by Crippen LogP contribution is -2.10. The van der Waals surface area contributed by atoms with E-state index in [4.69, 9.17) is 19.3 Å². The molecule has 3 rings (SSSR count). The van der Waals surface area contributed by atoms with Crippen LogP contribution in [-0.4, -0.2) is 26.3 Å². The Morgan fingerprint density at radius 3 is 2.48 bits per heavy atom. The lowest BCUT2D eigenvalue weighted by Gasteiger charge is -2.16. The number of nitrogens with zero attached hydrogens (tertiary/aromatic N) is 1. The number of para-hydroxylation sites is 1. The summed E-state index contributed by atoms with van der Waals surface area (Å²) in [6.45, 7) is 3.96. The number of methoxy groups -OCH3 is 2. The summed E-state index contributed by atoms with van der Waals surface area (Å²) >= 11 is 0. The van der Waals surface area contributed by atoms with Gasteiger partial charge < -0.3 is 9.47 Å². The van der Waals surface area contributed by atoms with Gasteiger partial charge in [0, 0.05) is 33.8 Å². The Labute approximate surface area is 159 Å². The summed E-state index contributed by atoms with van der Waals surface area (Å²) in [5.41, 5.74) is 8.70. The minimum atomic E-state index is 0.743. The summed E-state index contributed by atoms with van der Waals surface area (Å²) < 4.78 is 10.9. The van der Waals surface area contributed by atoms with E-state index in [9.17, 15) is 0 Å². The van der Waals surface area contributed by atoms with Gasteiger partial charge in [-0.15, -0.1) is 0 Å². The highest BCUT2D eigenvalue weighted by Gasteiger charge is 2.15. The molecule has 0 fully saturated rings. The summed E-state index contributed by atoms with van der Waals surface area (Å²) in [6.07, 6.45) is 1.98. The van der Waals surface area contributed by atoms with Gasteiger partial charge in [0.1, 0.15) is 11.5 Å². The van der Waals surface area contributed by atoms with Gasteiger partial charge >= 0.3 is 0 Å². The van der Waals surface area contributed by atoms with Gasteiger partial charge in [-0.25, -0.2) is 0 Å². The van der Waals surface area contributed by atoms with Crippen LogP contribution in [0.4, 0.5) is 0 Å². The van der Waals surface area contributed by atoms with Gasteiger partial charge in [-0.05, 0) is 32.0 Å². The highest BCUT2D eigenvalue weighted by atomic mass is 16.6. The Bertz CT molecular complexity index is 996. The van der Waals surface area contributed by atoms with Crippen molar-refractivity contribution in [3.63, 3.8) is 0 Å². The van der Waals surface area contributed by atoms with Gasteiger partial charge in [0.25, 0.3) is 0 Å². The number of fused-ring (bicyclic) bond motifs is 1. The molecule has 0 atom stereocenters. The number of aromatic nitrogens is 1. The fourth-order valence-electron chi connectivity index (χ4n) is 3.22. The molecule has 1 aromatic heterocycles. The van der Waals surface area contributed by atoms with Crippen LogP contribution in [0.1, 0.15) is 18.2 Å². The average molecular weight is 364 g/mol. The van der Waals surface area contributed by atoms with Crippen molar-refractivity contribution in [1.82, 2.24) is 10.5 Å². The second-order valence-electron chi connectivity index (χ2n) is 6.09. The third kappa shape index (κ3) is 3.59. The van der Waals surface area contributed by atoms with Gasteiger partial charge in [-0.3, -0.25) is 15.3 Å². The molecule has 5 nitrogen and oxygen atoms in total. The molecule has 5 heteroatoms. The van der Waals surface area contributed by atoms with Crippen LogP contribution < -0.4 is 15.0 Å². The maximum atomic E-state index is 5.61. The van der Waals surface area contributed by atoms with Crippen LogP contribution in [0, 0.1) is 6.92 Å². The van der Waals surface area contributed by atoms with Crippen molar-refractivity contribution >= 4 is 16.6 Å². The van der Waals surface area contributed by atoms with E-state index in [1.165, 1.54) is 0 Å². The second-order valence-corrected chi connectivity index (χ2v) is 6.09. The number of hydrogen-bond donors (Lipinski definition) is 1. The molecule has 1 N–H and O–H groups in total. The van der Waals surface area contributed by atoms with Gasteiger partial charge in [-0.2, -0.15) is 0 Å². The first kappa shape index (κ1) is 18.7. The molecule has 0 spiro atoms. The zero-order chi connectivity index (χ0) is 19.4. The Balaban J connectivity index is 2.29. The zero-order valence-electron chi connectivity index (χ0n) is 16.3. The van der Waals surface area contributed by atoms with E-state index >= 15 is 0 Å². The van der Waals surface area contributed by atoms with E-state index in [1.54, 1.807) is 21.3 Å². The third-order valence-corrected chi connectivity index (χ3v) is 4.46. The molecule has 0 aliphatic carbocycles. The van der Waals surface area contributed by atoms with E-state index in [-0.39, 0.29) is 0 Å². The second kappa shape index (κ2) is 8.10. The third-order valence-electron chi connectivity index (χ3n) is 4.46. The first-order valence-electron chi connectivity index (χ1n) is 8.71. The van der Waals surface area contributed by atoms with E-state index in [2.05, 4.69) is 23.7 Å². The molecule has 0 aliphatic rings. The van der Waals surface area contributed by atoms with Crippen LogP contribution in [-0.2, 0) is 4.84 Å². The van der Waals surface area contributed by atoms with Crippen LogP contribution in [0.3, 0.4) is 0 Å². The highest BCUT2D eigenvalue weighted by Crippen LogP contribution is 2.38. The van der Waals surface area contributed by atoms with Crippen LogP contribution in [0.15, 0.2) is 48.5 Å². The number of hydroxylamine groups is 1. The Hall–Kier alpha value is -3.05. The molecule has 2 aromatic carbocycles. The Kier molecular flexibility index (Phi) is 5.62. The number of rotatable bonds is 6. The van der Waals surface area contributed by atoms with E-state index in [0.29, 0.717) is 0 Å². The zero-order valence-corrected chi connectivity index (χ0v) is 16.3. The summed E-state index contributed by atoms with van der Waals surface area (Å²) in [5.74, 6) is 1.49. The number of allylic oxidation sites excluding steroid dienone is 1. The molecule has 140 valence electrons. The van der Waals surface area contributed by atoms with E-state index in [1.807, 2.05) is 44.2 Å². The summed E-state index contributed by atoms with van der Waals surface area (Å²) in [4.78, 5) is 9.97. The van der Waals surface area contributed by atoms with Crippen molar-refractivity contribution in [2.45, 2.75) is 13.8 Å². The maximum Gasteiger partial charge on any atom is 0.130 e. The average Bonchev–Trinajstić information content (AvgIpc) is 2.70. The predicted molar refractivity (Wildman–Crippen MR) is 109 cm³/mol. The summed E-state index contributed by atoms with van der Waals surface area (Å²) in [6, 6.07) is 14.0. The maximum absolute atomic E-state index is 5.61. The number of ether oxygens (including phenoxy) is 2. The fraction of sp³-hybridized carbons (Fsp3) is 0.227. The Morgan fingerprint density at radius 2 is 1.81 bits per heavy atom. The number of hydrogen-bond acceptors (Lipinski definition) is 5. The minimum absolute atomic E-state index is 0.743. The number of aryl methyl sites for hydroxylation is 1. The molecule has 0 unspecified atom stereocenters. The minimum Gasteiger partial charge on any atom is -0.497 e. The van der Waals surface area contributed by atoms with Crippen molar-refractivity contribution in [2.24, 2.45) is 0 Å². The van der Waals surface area contributed by atoms with Gasteiger partial charge in [-0.1, -0.05) is 24.3 Å². The summed E-state index contributed by atoms with van der Waals surface area (Å²) in [7, 11) is 4.91. The lowest BCUT2D eigenvalue weighted by molar-refractivity contribution is 0.136. The lowest BCUT2D eigenvalue weighted by atomic mass is 9.97. The first-order valence-corrected chi connectivity index (χ1v) is 8.71. The quantitative estimate of drug-likeness (QED) is 0.640. The van der Waals surface area contributed by atoms with Crippen molar-refractivity contribution in [3.05, 3.63) is 59.8 Å². The number of pyridine rings is 1. The van der Waals surface area contributed by atoms with Crippen molar-refractivity contribution in [1.29, 1.82) is 0 Å². The van der Waals surface area contributed by atoms with Crippen LogP contribution in [0.2, 0.25) is 0 Å². The molecular weight excluding hydrogens is 340 g/mol. The number of benzene rings is 2. The van der Waals surface area contributed by atoms with Gasteiger partial charge in [0.15, 0.2) is 0 Å². The molecule has 0 bridgehead atoms. The molecule has 0 saturated carbocycles. The first-order chi connectivity index (χ1) is 13.1. The SMILES string of the molecule is CC=C(NOC)c1cc(C)nc2c(-c3ccc(OC)cc3OC)cccc12. The highest BCUT2D eigenvalue weighted by molar-refractivity contribution is 6.00. The topological polar surface area (TPSA) is 52.6 Å². The van der Waals surface area contributed by atoms with Gasteiger partial charge in [0.05, 0.1) is 32.5 Å². The van der Waals surface area contributed by atoms with Crippen LogP contribution >= 0.6 is 0 Å². The fourth-order valence-corrected chi connectivity index (χ4v) is 3.22. The Morgan fingerprint density at radius 1 is 1.00 bits per heavy atom. The van der Waals surface area contributed by atoms with E-state index in [0.717, 1.165) is 50.5 Å². The van der Waals surface area contributed by atoms with E-state index < -0.39 is 0 Å². The number of nitrogens with one attached hydrogen (secondary N) is 1. The molecule has 0 radical (unpaired) electrons. The van der Waals surface area contributed by atoms with Crippen LogP contribution in [0.25, 0.3) is 27.7 Å². The molecule has 27 heavy (non-hydrogen) atoms. The smallest absolute Gasteiger partial charge is 0.130 e. The van der Waals surface area contributed by atoms with Gasteiger partial charge in [0.2, 0.25) is 0 Å². The van der Waals surface area contributed by atoms with Crippen LogP contribution in [0.5, 0.6) is 11.5 Å². The molecular formula is C22H24N2O3. The predicted octanol–water partition coefficient (Wildman–Crippen LogP) is 4.74. The van der Waals surface area contributed by atoms with Crippen molar-refractivity contribution in [2.75, 3.05) is 21.3 Å². The van der Waals surface area contributed by atoms with Crippen molar-refractivity contribution in [3.8, 4) is 22.6 Å². The molecule has 0 amide bonds. The molecule has 0 saturated heterocycles. The molecule has 1 heterocycles. The van der Waals surface area contributed by atoms with Crippen molar-refractivity contribution < 1.29 is 14.3 Å². The standard InChI is InChI=1S/C22H24N2O3/c1-6-20(24-27-5)19-12-14(2)23-22-17(8-7-9-18(19)22)16-11-10-15(25-3)13-21(16)26-4/h6-13,24H,1-5H3. The molecule has 0 aliphatic heterocycles. The summed E-state index contributed by atoms with van der Waals surface area (Å²) in [5, 5.41) is 1.04. The normalized spacial score (nSPS) is 11.5. The monoisotopic (exact) mass is 364 g/mol.